The number of nitrogens with zero attached hydrogens (tertiary/aromatic N) is 1. The third-order valence-electron chi connectivity index (χ3n) is 13.8. The Balaban J connectivity index is 1.09. The number of aliphatic hydroxyl groups excluding tert-OH is 1. The van der Waals surface area contributed by atoms with Crippen molar-refractivity contribution in [3.8, 4) is 0 Å². The van der Waals surface area contributed by atoms with E-state index in [9.17, 15) is 5.11 Å². The number of rotatable bonds is 14. The Morgan fingerprint density at radius 3 is 2.15 bits per heavy atom. The van der Waals surface area contributed by atoms with Crippen molar-refractivity contribution in [2.75, 3.05) is 32.7 Å². The molecule has 4 nitrogen and oxygen atoms in total. The van der Waals surface area contributed by atoms with Crippen molar-refractivity contribution >= 4 is 0 Å². The molecule has 1 saturated heterocycles. The summed E-state index contributed by atoms with van der Waals surface area (Å²) in [7, 11) is 0. The Bertz CT molecular complexity index is 804. The Morgan fingerprint density at radius 2 is 1.50 bits per heavy atom. The Kier molecular flexibility index (Phi) is 10.0. The van der Waals surface area contributed by atoms with Crippen LogP contribution in [0.15, 0.2) is 0 Å². The minimum Gasteiger partial charge on any atom is -0.390 e. The Hall–Kier alpha value is -0.160. The molecule has 1 heterocycles. The first kappa shape index (κ1) is 31.3. The summed E-state index contributed by atoms with van der Waals surface area (Å²) in [6, 6.07) is 0.702. The van der Waals surface area contributed by atoms with E-state index in [1.54, 1.807) is 0 Å². The maximum Gasteiger partial charge on any atom is 0.0789 e. The van der Waals surface area contributed by atoms with Crippen molar-refractivity contribution in [3.05, 3.63) is 0 Å². The number of nitrogens with two attached hydrogens (primary N) is 1. The molecule has 1 aliphatic heterocycles. The van der Waals surface area contributed by atoms with E-state index in [0.29, 0.717) is 23.4 Å². The van der Waals surface area contributed by atoms with Crippen LogP contribution < -0.4 is 11.1 Å². The van der Waals surface area contributed by atoms with Crippen molar-refractivity contribution in [2.24, 2.45) is 69.8 Å². The number of likely N-dealkylation sites (tertiary alicyclic amines) is 1. The number of β-amino-alcohol motifs (C(OH)–C–C–N with tert-alkyl or cyclic N) is 1. The molecular weight excluding hydrogens is 490 g/mol. The molecule has 0 spiro atoms. The van der Waals surface area contributed by atoms with E-state index in [1.807, 2.05) is 0 Å². The first-order valence-electron chi connectivity index (χ1n) is 17.8. The second-order valence-corrected chi connectivity index (χ2v) is 17.2. The molecule has 232 valence electrons. The fraction of sp³-hybridized carbons (Fsp3) is 1.00. The first-order chi connectivity index (χ1) is 19.0. The normalized spacial score (nSPS) is 40.2. The largest absolute Gasteiger partial charge is 0.390 e. The van der Waals surface area contributed by atoms with Crippen LogP contribution in [0.3, 0.4) is 0 Å². The fourth-order valence-electron chi connectivity index (χ4n) is 11.4. The summed E-state index contributed by atoms with van der Waals surface area (Å²) in [5.41, 5.74) is 6.78. The molecule has 0 aromatic carbocycles. The molecule has 10 unspecified atom stereocenters. The lowest BCUT2D eigenvalue weighted by Crippen LogP contribution is -2.48. The lowest BCUT2D eigenvalue weighted by atomic mass is 9.64. The predicted molar refractivity (Wildman–Crippen MR) is 169 cm³/mol. The molecule has 4 bridgehead atoms. The highest BCUT2D eigenvalue weighted by Gasteiger charge is 2.56. The topological polar surface area (TPSA) is 61.5 Å². The molecule has 4 N–H and O–H groups in total. The molecule has 4 heteroatoms. The summed E-state index contributed by atoms with van der Waals surface area (Å²) in [5, 5.41) is 14.2. The van der Waals surface area contributed by atoms with Gasteiger partial charge in [0.25, 0.3) is 0 Å². The molecule has 4 aliphatic carbocycles. The number of nitrogens with one attached hydrogen (secondary N) is 1. The average molecular weight is 558 g/mol. The van der Waals surface area contributed by atoms with Crippen molar-refractivity contribution in [1.29, 1.82) is 0 Å². The molecule has 10 atom stereocenters. The first-order valence-corrected chi connectivity index (χ1v) is 17.8. The molecule has 0 radical (unpaired) electrons. The second-order valence-electron chi connectivity index (χ2n) is 17.2. The van der Waals surface area contributed by atoms with Gasteiger partial charge in [0.05, 0.1) is 6.10 Å². The lowest BCUT2D eigenvalue weighted by Gasteiger charge is -2.44. The van der Waals surface area contributed by atoms with Crippen molar-refractivity contribution in [3.63, 3.8) is 0 Å². The van der Waals surface area contributed by atoms with Crippen LogP contribution >= 0.6 is 0 Å². The van der Waals surface area contributed by atoms with Gasteiger partial charge in [0.2, 0.25) is 0 Å². The number of aliphatic hydroxyl groups is 1. The van der Waals surface area contributed by atoms with Gasteiger partial charge in [-0.15, -0.1) is 0 Å². The van der Waals surface area contributed by atoms with E-state index in [2.05, 4.69) is 51.8 Å². The van der Waals surface area contributed by atoms with Crippen molar-refractivity contribution in [2.45, 2.75) is 131 Å². The fourth-order valence-corrected chi connectivity index (χ4v) is 11.4. The number of unbranched alkanes of at least 4 members (excludes halogenated alkanes) is 3. The van der Waals surface area contributed by atoms with Gasteiger partial charge in [-0.25, -0.2) is 0 Å². The van der Waals surface area contributed by atoms with Crippen molar-refractivity contribution < 1.29 is 5.11 Å². The maximum absolute atomic E-state index is 9.96. The molecule has 5 rings (SSSR count). The van der Waals surface area contributed by atoms with Gasteiger partial charge < -0.3 is 21.1 Å². The highest BCUT2D eigenvalue weighted by molar-refractivity contribution is 5.06. The number of hydrogen-bond acceptors (Lipinski definition) is 4. The van der Waals surface area contributed by atoms with E-state index in [0.717, 1.165) is 72.9 Å². The zero-order valence-corrected chi connectivity index (χ0v) is 27.3. The summed E-state index contributed by atoms with van der Waals surface area (Å²) in [4.78, 5) is 2.42. The van der Waals surface area contributed by atoms with Gasteiger partial charge >= 0.3 is 0 Å². The molecular formula is C36H67N3O. The molecule has 0 amide bonds. The third kappa shape index (κ3) is 6.66. The van der Waals surface area contributed by atoms with Crippen LogP contribution in [0.4, 0.5) is 0 Å². The standard InChI is InChI=1S/C36H67N3O/c1-24-27-17-31(35(3,4)19-27)30(24)11-9-7-8-10-12-33(34-25(2)28-18-32(34)36(5,6)20-28)38-22-26-13-15-39(16-14-26)23-29(40)21-37/h24-34,38,40H,7-23,37H2,1-6H3. The van der Waals surface area contributed by atoms with E-state index in [1.165, 1.54) is 83.6 Å². The summed E-state index contributed by atoms with van der Waals surface area (Å²) in [5.74, 6) is 8.41. The van der Waals surface area contributed by atoms with Gasteiger partial charge in [0.1, 0.15) is 0 Å². The average Bonchev–Trinajstić information content (AvgIpc) is 3.60. The van der Waals surface area contributed by atoms with E-state index < -0.39 is 0 Å². The van der Waals surface area contributed by atoms with E-state index >= 15 is 0 Å². The SMILES string of the molecule is CC1C2CC(C1CCCCCCC(NCC1CCN(CC(O)CN)CC1)C1C(C)C3CC1C(C)(C)C3)C(C)(C)C2. The van der Waals surface area contributed by atoms with E-state index in [4.69, 9.17) is 5.73 Å². The highest BCUT2D eigenvalue weighted by atomic mass is 16.3. The second kappa shape index (κ2) is 12.8. The van der Waals surface area contributed by atoms with Crippen LogP contribution in [0.2, 0.25) is 0 Å². The molecule has 5 fully saturated rings. The lowest BCUT2D eigenvalue weighted by molar-refractivity contribution is 0.0670. The summed E-state index contributed by atoms with van der Waals surface area (Å²) >= 11 is 0. The van der Waals surface area contributed by atoms with Crippen LogP contribution in [0.5, 0.6) is 0 Å². The number of fused-ring (bicyclic) bond motifs is 4. The van der Waals surface area contributed by atoms with Gasteiger partial charge in [-0.3, -0.25) is 0 Å². The number of piperidine rings is 1. The Morgan fingerprint density at radius 1 is 0.875 bits per heavy atom. The van der Waals surface area contributed by atoms with Gasteiger partial charge in [-0.1, -0.05) is 67.2 Å². The molecule has 40 heavy (non-hydrogen) atoms. The van der Waals surface area contributed by atoms with Gasteiger partial charge in [0, 0.05) is 19.1 Å². The van der Waals surface area contributed by atoms with Gasteiger partial charge in [-0.2, -0.15) is 0 Å². The van der Waals surface area contributed by atoms with Crippen LogP contribution in [0.1, 0.15) is 119 Å². The smallest absolute Gasteiger partial charge is 0.0789 e. The molecule has 5 aliphatic rings. The van der Waals surface area contributed by atoms with Crippen LogP contribution in [-0.2, 0) is 0 Å². The molecule has 0 aromatic rings. The minimum atomic E-state index is -0.370. The summed E-state index contributed by atoms with van der Waals surface area (Å²) in [6.45, 7) is 20.0. The quantitative estimate of drug-likeness (QED) is 0.202. The van der Waals surface area contributed by atoms with Crippen LogP contribution in [-0.4, -0.2) is 54.9 Å². The third-order valence-corrected chi connectivity index (χ3v) is 13.8. The minimum absolute atomic E-state index is 0.370. The van der Waals surface area contributed by atoms with Crippen LogP contribution in [0, 0.1) is 64.1 Å². The van der Waals surface area contributed by atoms with Crippen molar-refractivity contribution in [1.82, 2.24) is 10.2 Å². The van der Waals surface area contributed by atoms with E-state index in [-0.39, 0.29) is 6.10 Å². The van der Waals surface area contributed by atoms with Crippen LogP contribution in [0.25, 0.3) is 0 Å². The molecule has 4 saturated carbocycles. The van der Waals surface area contributed by atoms with Gasteiger partial charge in [-0.05, 0) is 135 Å². The number of hydrogen-bond donors (Lipinski definition) is 3. The monoisotopic (exact) mass is 558 g/mol. The molecule has 0 aromatic heterocycles. The summed E-state index contributed by atoms with van der Waals surface area (Å²) in [6.07, 6.45) is 16.7. The Labute approximate surface area is 248 Å². The maximum atomic E-state index is 9.96. The zero-order chi connectivity index (χ0) is 28.7. The predicted octanol–water partition coefficient (Wildman–Crippen LogP) is 6.95. The highest BCUT2D eigenvalue weighted by Crippen LogP contribution is 2.63. The van der Waals surface area contributed by atoms with Gasteiger partial charge in [0.15, 0.2) is 0 Å². The zero-order valence-electron chi connectivity index (χ0n) is 27.3. The summed E-state index contributed by atoms with van der Waals surface area (Å²) < 4.78 is 0.